The summed E-state index contributed by atoms with van der Waals surface area (Å²) >= 11 is 0. The Hall–Kier alpha value is -2.44. The zero-order valence-corrected chi connectivity index (χ0v) is 23.5. The van der Waals surface area contributed by atoms with Crippen molar-refractivity contribution in [1.29, 1.82) is 0 Å². The zero-order chi connectivity index (χ0) is 28.5. The Labute approximate surface area is 237 Å². The molecule has 0 bridgehead atoms. The normalized spacial score (nSPS) is 12.1. The Morgan fingerprint density at radius 1 is 0.650 bits per heavy atom. The van der Waals surface area contributed by atoms with Gasteiger partial charge in [-0.15, -0.1) is 0 Å². The first-order valence-corrected chi connectivity index (χ1v) is 13.6. The van der Waals surface area contributed by atoms with E-state index in [1.54, 1.807) is 0 Å². The molecule has 40 heavy (non-hydrogen) atoms. The summed E-state index contributed by atoms with van der Waals surface area (Å²) in [5, 5.41) is 0. The van der Waals surface area contributed by atoms with Crippen LogP contribution in [0.3, 0.4) is 0 Å². The quantitative estimate of drug-likeness (QED) is 0.133. The van der Waals surface area contributed by atoms with Crippen molar-refractivity contribution in [2.75, 3.05) is 92.9 Å². The van der Waals surface area contributed by atoms with Crippen LogP contribution in [0.5, 0.6) is 0 Å². The fraction of sp³-hybridized carbons (Fsp3) is 0.567. The Morgan fingerprint density at radius 3 is 1.48 bits per heavy atom. The summed E-state index contributed by atoms with van der Waals surface area (Å²) in [4.78, 5) is 13.0. The fourth-order valence-corrected chi connectivity index (χ4v) is 3.62. The summed E-state index contributed by atoms with van der Waals surface area (Å²) in [6.45, 7) is 5.65. The van der Waals surface area contributed by atoms with Crippen LogP contribution in [0.1, 0.15) is 11.1 Å². The van der Waals surface area contributed by atoms with Crippen molar-refractivity contribution < 1.29 is 42.3 Å². The molecule has 0 heterocycles. The summed E-state index contributed by atoms with van der Waals surface area (Å²) < 4.78 is 51.4. The Bertz CT molecular complexity index is 820. The number of hydrogen-bond donors (Lipinski definition) is 0. The van der Waals surface area contributed by atoms with Crippen molar-refractivity contribution in [3.05, 3.63) is 71.8 Å². The van der Waals surface area contributed by atoms with E-state index in [0.29, 0.717) is 79.2 Å². The molecule has 1 atom stereocenters. The molecule has 0 N–H and O–H groups in total. The number of rotatable bonds is 25. The lowest BCUT2D eigenvalue weighted by molar-refractivity contribution is -0.146. The van der Waals surface area contributed by atoms with E-state index in [9.17, 15) is 9.18 Å². The highest BCUT2D eigenvalue weighted by atomic mass is 19.1. The Balaban J connectivity index is 1.41. The van der Waals surface area contributed by atoms with Gasteiger partial charge in [0.05, 0.1) is 79.8 Å². The standard InChI is InChI=1S/C30H44FNO8/c1-34-30(33)26-40-21-19-38-17-15-36-13-12-35-14-16-37-18-20-39-25-29(31)24-32(22-27-8-4-2-5-9-27)23-28-10-6-3-7-11-28/h2-11,29H,12-26H2,1H3. The van der Waals surface area contributed by atoms with Gasteiger partial charge in [0.2, 0.25) is 0 Å². The van der Waals surface area contributed by atoms with Crippen molar-refractivity contribution in [1.82, 2.24) is 4.90 Å². The van der Waals surface area contributed by atoms with Crippen LogP contribution in [0, 0.1) is 0 Å². The third-order valence-corrected chi connectivity index (χ3v) is 5.56. The molecule has 2 aromatic carbocycles. The van der Waals surface area contributed by atoms with Gasteiger partial charge < -0.3 is 33.2 Å². The van der Waals surface area contributed by atoms with Gasteiger partial charge in [0, 0.05) is 19.6 Å². The summed E-state index contributed by atoms with van der Waals surface area (Å²) in [5.74, 6) is -0.413. The molecule has 2 aromatic rings. The highest BCUT2D eigenvalue weighted by Crippen LogP contribution is 2.12. The number of nitrogens with zero attached hydrogens (tertiary/aromatic N) is 1. The molecule has 0 saturated carbocycles. The second-order valence-corrected chi connectivity index (χ2v) is 8.89. The minimum atomic E-state index is -1.10. The maximum Gasteiger partial charge on any atom is 0.331 e. The van der Waals surface area contributed by atoms with Gasteiger partial charge in [0.25, 0.3) is 0 Å². The second kappa shape index (κ2) is 23.3. The molecule has 0 aliphatic carbocycles. The second-order valence-electron chi connectivity index (χ2n) is 8.89. The number of benzene rings is 2. The molecular formula is C30H44FNO8. The number of esters is 1. The topological polar surface area (TPSA) is 84.9 Å². The lowest BCUT2D eigenvalue weighted by Crippen LogP contribution is -2.32. The maximum absolute atomic E-state index is 14.7. The summed E-state index contributed by atoms with van der Waals surface area (Å²) in [6, 6.07) is 20.2. The molecule has 2 rings (SSSR count). The van der Waals surface area contributed by atoms with E-state index in [1.807, 2.05) is 36.4 Å². The number of carbonyl (C=O) groups is 1. The molecule has 224 valence electrons. The van der Waals surface area contributed by atoms with Crippen molar-refractivity contribution >= 4 is 5.97 Å². The molecule has 0 aliphatic heterocycles. The van der Waals surface area contributed by atoms with Crippen LogP contribution >= 0.6 is 0 Å². The van der Waals surface area contributed by atoms with Crippen molar-refractivity contribution in [3.8, 4) is 0 Å². The highest BCUT2D eigenvalue weighted by molar-refractivity contribution is 5.70. The molecule has 0 amide bonds. The van der Waals surface area contributed by atoms with Crippen LogP contribution in [-0.4, -0.2) is 110 Å². The molecule has 0 aliphatic rings. The molecule has 0 fully saturated rings. The lowest BCUT2D eigenvalue weighted by Gasteiger charge is -2.24. The van der Waals surface area contributed by atoms with E-state index in [-0.39, 0.29) is 19.8 Å². The molecule has 0 radical (unpaired) electrons. The first-order chi connectivity index (χ1) is 19.7. The Kier molecular flexibility index (Phi) is 19.7. The molecule has 9 nitrogen and oxygen atoms in total. The molecule has 0 saturated heterocycles. The zero-order valence-electron chi connectivity index (χ0n) is 23.5. The van der Waals surface area contributed by atoms with E-state index in [2.05, 4.69) is 33.9 Å². The van der Waals surface area contributed by atoms with Crippen LogP contribution in [0.4, 0.5) is 4.39 Å². The molecule has 0 aromatic heterocycles. The lowest BCUT2D eigenvalue weighted by atomic mass is 10.1. The van der Waals surface area contributed by atoms with Crippen LogP contribution in [0.2, 0.25) is 0 Å². The number of halogens is 1. The summed E-state index contributed by atoms with van der Waals surface area (Å²) in [7, 11) is 1.31. The number of ether oxygens (including phenoxy) is 7. The van der Waals surface area contributed by atoms with E-state index in [0.717, 1.165) is 11.1 Å². The van der Waals surface area contributed by atoms with Gasteiger partial charge in [-0.05, 0) is 11.1 Å². The van der Waals surface area contributed by atoms with Gasteiger partial charge in [-0.2, -0.15) is 0 Å². The Morgan fingerprint density at radius 2 is 1.05 bits per heavy atom. The van der Waals surface area contributed by atoms with E-state index in [1.165, 1.54) is 7.11 Å². The van der Waals surface area contributed by atoms with Crippen molar-refractivity contribution in [3.63, 3.8) is 0 Å². The third-order valence-electron chi connectivity index (χ3n) is 5.56. The van der Waals surface area contributed by atoms with Crippen LogP contribution in [-0.2, 0) is 51.0 Å². The average molecular weight is 566 g/mol. The molecule has 10 heteroatoms. The van der Waals surface area contributed by atoms with Gasteiger partial charge in [-0.25, -0.2) is 9.18 Å². The smallest absolute Gasteiger partial charge is 0.331 e. The minimum Gasteiger partial charge on any atom is -0.467 e. The first-order valence-electron chi connectivity index (χ1n) is 13.6. The van der Waals surface area contributed by atoms with Crippen LogP contribution in [0.25, 0.3) is 0 Å². The van der Waals surface area contributed by atoms with E-state index in [4.69, 9.17) is 28.4 Å². The molecule has 1 unspecified atom stereocenters. The fourth-order valence-electron chi connectivity index (χ4n) is 3.62. The summed E-state index contributed by atoms with van der Waals surface area (Å²) in [6.07, 6.45) is -1.10. The minimum absolute atomic E-state index is 0.0293. The number of methoxy groups -OCH3 is 1. The van der Waals surface area contributed by atoms with Gasteiger partial charge in [-0.1, -0.05) is 60.7 Å². The number of alkyl halides is 1. The third kappa shape index (κ3) is 18.0. The van der Waals surface area contributed by atoms with Crippen molar-refractivity contribution in [2.24, 2.45) is 0 Å². The maximum atomic E-state index is 14.7. The SMILES string of the molecule is COC(=O)COCCOCCOCCOCCOCCOCC(F)CN(Cc1ccccc1)Cc1ccccc1. The van der Waals surface area contributed by atoms with Gasteiger partial charge >= 0.3 is 5.97 Å². The predicted octanol–water partition coefficient (Wildman–Crippen LogP) is 3.30. The monoisotopic (exact) mass is 565 g/mol. The largest absolute Gasteiger partial charge is 0.467 e. The van der Waals surface area contributed by atoms with Crippen molar-refractivity contribution in [2.45, 2.75) is 19.3 Å². The molecule has 0 spiro atoms. The number of hydrogen-bond acceptors (Lipinski definition) is 9. The first kappa shape index (κ1) is 33.8. The van der Waals surface area contributed by atoms with Gasteiger partial charge in [0.15, 0.2) is 0 Å². The van der Waals surface area contributed by atoms with E-state index < -0.39 is 12.1 Å². The summed E-state index contributed by atoms with van der Waals surface area (Å²) in [5.41, 5.74) is 2.30. The van der Waals surface area contributed by atoms with Gasteiger partial charge in [-0.3, -0.25) is 4.90 Å². The molecular weight excluding hydrogens is 521 g/mol. The van der Waals surface area contributed by atoms with E-state index >= 15 is 0 Å². The average Bonchev–Trinajstić information content (AvgIpc) is 2.97. The number of carbonyl (C=O) groups excluding carboxylic acids is 1. The van der Waals surface area contributed by atoms with Crippen LogP contribution < -0.4 is 0 Å². The van der Waals surface area contributed by atoms with Crippen LogP contribution in [0.15, 0.2) is 60.7 Å². The predicted molar refractivity (Wildman–Crippen MR) is 149 cm³/mol. The van der Waals surface area contributed by atoms with Gasteiger partial charge in [0.1, 0.15) is 12.8 Å². The highest BCUT2D eigenvalue weighted by Gasteiger charge is 2.15.